The van der Waals surface area contributed by atoms with Crippen molar-refractivity contribution in [3.8, 4) is 11.5 Å². The maximum atomic E-state index is 12.2. The smallest absolute Gasteiger partial charge is 0.257 e. The Morgan fingerprint density at radius 1 is 1.33 bits per heavy atom. The van der Waals surface area contributed by atoms with Gasteiger partial charge in [-0.3, -0.25) is 4.79 Å². The minimum absolute atomic E-state index is 0.0650. The number of methoxy groups -OCH3 is 2. The van der Waals surface area contributed by atoms with Crippen LogP contribution in [0.25, 0.3) is 0 Å². The van der Waals surface area contributed by atoms with Crippen LogP contribution in [0.1, 0.15) is 10.4 Å². The van der Waals surface area contributed by atoms with Crippen molar-refractivity contribution in [1.29, 1.82) is 0 Å². The molecule has 18 heavy (non-hydrogen) atoms. The summed E-state index contributed by atoms with van der Waals surface area (Å²) in [5, 5.41) is 3.01. The van der Waals surface area contributed by atoms with Gasteiger partial charge in [-0.1, -0.05) is 0 Å². The third kappa shape index (κ3) is 3.37. The summed E-state index contributed by atoms with van der Waals surface area (Å²) in [6.45, 7) is 1.39. The molecule has 0 aromatic heterocycles. The molecule has 0 unspecified atom stereocenters. The van der Waals surface area contributed by atoms with Gasteiger partial charge in [-0.25, -0.2) is 0 Å². The predicted molar refractivity (Wildman–Crippen MR) is 70.4 cm³/mol. The summed E-state index contributed by atoms with van der Waals surface area (Å²) in [6.07, 6.45) is 0. The van der Waals surface area contributed by atoms with E-state index in [1.807, 2.05) is 7.05 Å². The number of likely N-dealkylation sites (N-methyl/N-ethyl adjacent to an activating group) is 2. The van der Waals surface area contributed by atoms with E-state index in [1.165, 1.54) is 0 Å². The van der Waals surface area contributed by atoms with Crippen molar-refractivity contribution in [2.75, 3.05) is 41.4 Å². The maximum absolute atomic E-state index is 12.2. The highest BCUT2D eigenvalue weighted by molar-refractivity contribution is 5.97. The lowest BCUT2D eigenvalue weighted by Gasteiger charge is -2.18. The molecule has 0 saturated carbocycles. The first kappa shape index (κ1) is 14.3. The third-order valence-electron chi connectivity index (χ3n) is 2.68. The van der Waals surface area contributed by atoms with E-state index in [2.05, 4.69) is 5.32 Å². The van der Waals surface area contributed by atoms with Gasteiger partial charge >= 0.3 is 0 Å². The van der Waals surface area contributed by atoms with E-state index in [9.17, 15) is 4.79 Å². The molecular weight excluding hydrogens is 232 g/mol. The monoisotopic (exact) mass is 252 g/mol. The Kier molecular flexibility index (Phi) is 5.45. The van der Waals surface area contributed by atoms with Gasteiger partial charge in [-0.15, -0.1) is 0 Å². The number of carbonyl (C=O) groups is 1. The molecule has 0 fully saturated rings. The number of amides is 1. The molecule has 1 aromatic rings. The molecule has 0 aliphatic carbocycles. The van der Waals surface area contributed by atoms with E-state index in [0.29, 0.717) is 23.6 Å². The molecule has 0 aliphatic rings. The number of nitrogens with one attached hydrogen (secondary N) is 1. The molecular formula is C13H20N2O3. The lowest BCUT2D eigenvalue weighted by atomic mass is 10.1. The fraction of sp³-hybridized carbons (Fsp3) is 0.462. The first-order valence-electron chi connectivity index (χ1n) is 5.76. The summed E-state index contributed by atoms with van der Waals surface area (Å²) in [7, 11) is 6.74. The second-order valence-corrected chi connectivity index (χ2v) is 3.90. The van der Waals surface area contributed by atoms with Crippen LogP contribution < -0.4 is 14.8 Å². The number of ether oxygens (including phenoxy) is 2. The van der Waals surface area contributed by atoms with Crippen molar-refractivity contribution >= 4 is 5.91 Å². The Labute approximate surface area is 108 Å². The number of benzene rings is 1. The zero-order valence-electron chi connectivity index (χ0n) is 11.3. The van der Waals surface area contributed by atoms with Gasteiger partial charge in [0.1, 0.15) is 11.5 Å². The van der Waals surface area contributed by atoms with Crippen molar-refractivity contribution in [2.24, 2.45) is 0 Å². The normalized spacial score (nSPS) is 10.0. The number of carbonyl (C=O) groups excluding carboxylic acids is 1. The number of hydrogen-bond donors (Lipinski definition) is 1. The second-order valence-electron chi connectivity index (χ2n) is 3.90. The molecule has 1 rings (SSSR count). The predicted octanol–water partition coefficient (Wildman–Crippen LogP) is 0.995. The molecule has 0 bridgehead atoms. The summed E-state index contributed by atoms with van der Waals surface area (Å²) in [4.78, 5) is 13.9. The molecule has 0 heterocycles. The van der Waals surface area contributed by atoms with Crippen LogP contribution in [0, 0.1) is 0 Å². The summed E-state index contributed by atoms with van der Waals surface area (Å²) in [6, 6.07) is 5.18. The van der Waals surface area contributed by atoms with Crippen LogP contribution >= 0.6 is 0 Å². The molecule has 5 nitrogen and oxygen atoms in total. The second kappa shape index (κ2) is 6.86. The number of nitrogens with zero attached hydrogens (tertiary/aromatic N) is 1. The third-order valence-corrected chi connectivity index (χ3v) is 2.68. The van der Waals surface area contributed by atoms with Crippen molar-refractivity contribution < 1.29 is 14.3 Å². The number of hydrogen-bond acceptors (Lipinski definition) is 4. The summed E-state index contributed by atoms with van der Waals surface area (Å²) >= 11 is 0. The Bertz CT molecular complexity index is 407. The van der Waals surface area contributed by atoms with Gasteiger partial charge in [0.25, 0.3) is 5.91 Å². The zero-order chi connectivity index (χ0) is 13.5. The van der Waals surface area contributed by atoms with E-state index in [0.717, 1.165) is 6.54 Å². The van der Waals surface area contributed by atoms with Crippen molar-refractivity contribution in [3.63, 3.8) is 0 Å². The Hall–Kier alpha value is -1.75. The van der Waals surface area contributed by atoms with Crippen LogP contribution in [0.4, 0.5) is 0 Å². The molecule has 0 saturated heterocycles. The Balaban J connectivity index is 2.90. The largest absolute Gasteiger partial charge is 0.497 e. The van der Waals surface area contributed by atoms with Crippen LogP contribution in [0.2, 0.25) is 0 Å². The van der Waals surface area contributed by atoms with Gasteiger partial charge in [0, 0.05) is 26.2 Å². The maximum Gasteiger partial charge on any atom is 0.257 e. The zero-order valence-corrected chi connectivity index (χ0v) is 11.3. The topological polar surface area (TPSA) is 50.8 Å². The van der Waals surface area contributed by atoms with Gasteiger partial charge in [-0.2, -0.15) is 0 Å². The highest BCUT2D eigenvalue weighted by Gasteiger charge is 2.16. The summed E-state index contributed by atoms with van der Waals surface area (Å²) in [5.41, 5.74) is 0.539. The fourth-order valence-corrected chi connectivity index (χ4v) is 1.56. The first-order valence-corrected chi connectivity index (χ1v) is 5.76. The van der Waals surface area contributed by atoms with Crippen molar-refractivity contribution in [2.45, 2.75) is 0 Å². The number of rotatable bonds is 6. The molecule has 1 N–H and O–H groups in total. The SMILES string of the molecule is CNCCN(C)C(=O)c1ccc(OC)cc1OC. The Morgan fingerprint density at radius 3 is 2.61 bits per heavy atom. The Morgan fingerprint density at radius 2 is 2.06 bits per heavy atom. The summed E-state index contributed by atoms with van der Waals surface area (Å²) in [5.74, 6) is 1.13. The molecule has 1 aromatic carbocycles. The van der Waals surface area contributed by atoms with Crippen LogP contribution in [-0.4, -0.2) is 52.2 Å². The van der Waals surface area contributed by atoms with E-state index < -0.39 is 0 Å². The van der Waals surface area contributed by atoms with Gasteiger partial charge in [0.2, 0.25) is 0 Å². The molecule has 0 atom stereocenters. The quantitative estimate of drug-likeness (QED) is 0.820. The lowest BCUT2D eigenvalue weighted by molar-refractivity contribution is 0.0793. The lowest BCUT2D eigenvalue weighted by Crippen LogP contribution is -2.33. The highest BCUT2D eigenvalue weighted by Crippen LogP contribution is 2.25. The first-order chi connectivity index (χ1) is 8.63. The van der Waals surface area contributed by atoms with Crippen molar-refractivity contribution in [1.82, 2.24) is 10.2 Å². The average molecular weight is 252 g/mol. The minimum atomic E-state index is -0.0650. The van der Waals surface area contributed by atoms with E-state index in [1.54, 1.807) is 44.4 Å². The fourth-order valence-electron chi connectivity index (χ4n) is 1.56. The van der Waals surface area contributed by atoms with Gasteiger partial charge in [0.05, 0.1) is 19.8 Å². The van der Waals surface area contributed by atoms with Crippen LogP contribution in [0.15, 0.2) is 18.2 Å². The molecule has 5 heteroatoms. The summed E-state index contributed by atoms with van der Waals surface area (Å²) < 4.78 is 10.3. The van der Waals surface area contributed by atoms with Gasteiger partial charge < -0.3 is 19.7 Å². The van der Waals surface area contributed by atoms with Crippen LogP contribution in [-0.2, 0) is 0 Å². The minimum Gasteiger partial charge on any atom is -0.497 e. The van der Waals surface area contributed by atoms with Gasteiger partial charge in [-0.05, 0) is 19.2 Å². The van der Waals surface area contributed by atoms with Crippen LogP contribution in [0.5, 0.6) is 11.5 Å². The van der Waals surface area contributed by atoms with E-state index >= 15 is 0 Å². The standard InChI is InChI=1S/C13H20N2O3/c1-14-7-8-15(2)13(16)11-6-5-10(17-3)9-12(11)18-4/h5-6,9,14H,7-8H2,1-4H3. The molecule has 1 amide bonds. The molecule has 0 spiro atoms. The van der Waals surface area contributed by atoms with E-state index in [-0.39, 0.29) is 5.91 Å². The molecule has 100 valence electrons. The molecule has 0 radical (unpaired) electrons. The average Bonchev–Trinajstić information content (AvgIpc) is 2.43. The van der Waals surface area contributed by atoms with Gasteiger partial charge in [0.15, 0.2) is 0 Å². The molecule has 0 aliphatic heterocycles. The van der Waals surface area contributed by atoms with Crippen LogP contribution in [0.3, 0.4) is 0 Å². The highest BCUT2D eigenvalue weighted by atomic mass is 16.5. The van der Waals surface area contributed by atoms with Crippen molar-refractivity contribution in [3.05, 3.63) is 23.8 Å². The van der Waals surface area contributed by atoms with E-state index in [4.69, 9.17) is 9.47 Å².